The number of hydrogen-bond acceptors (Lipinski definition) is 4. The number of carbonyl (C=O) groups excluding carboxylic acids is 1. The number of urea groups is 1. The van der Waals surface area contributed by atoms with Crippen molar-refractivity contribution < 1.29 is 18.7 Å². The summed E-state index contributed by atoms with van der Waals surface area (Å²) >= 11 is 1.66. The highest BCUT2D eigenvalue weighted by atomic mass is 32.1. The van der Waals surface area contributed by atoms with Crippen LogP contribution in [-0.2, 0) is 24.3 Å². The Kier molecular flexibility index (Phi) is 5.08. The van der Waals surface area contributed by atoms with Gasteiger partial charge in [0.05, 0.1) is 13.2 Å². The van der Waals surface area contributed by atoms with Crippen LogP contribution in [0.3, 0.4) is 0 Å². The average molecular weight is 376 g/mol. The lowest BCUT2D eigenvalue weighted by atomic mass is 10.1. The highest BCUT2D eigenvalue weighted by molar-refractivity contribution is 7.09. The van der Waals surface area contributed by atoms with Gasteiger partial charge in [-0.2, -0.15) is 0 Å². The van der Waals surface area contributed by atoms with Crippen LogP contribution in [0.25, 0.3) is 0 Å². The molecule has 0 radical (unpaired) electrons. The van der Waals surface area contributed by atoms with E-state index >= 15 is 0 Å². The standard InChI is InChI=1S/C19H21FN2O3S/c20-15-8-13(18-14(9-15)11-24-12-25-18)5-6-21-19(23)22(16-3-4-16)10-17-2-1-7-26-17/h1-2,7-9,16H,3-6,10-12H2,(H,21,23). The van der Waals surface area contributed by atoms with Gasteiger partial charge in [-0.1, -0.05) is 6.07 Å². The summed E-state index contributed by atoms with van der Waals surface area (Å²) in [6, 6.07) is 7.23. The normalized spacial score (nSPS) is 15.9. The zero-order chi connectivity index (χ0) is 17.9. The van der Waals surface area contributed by atoms with Gasteiger partial charge in [0.1, 0.15) is 11.6 Å². The van der Waals surface area contributed by atoms with Gasteiger partial charge >= 0.3 is 6.03 Å². The molecule has 0 bridgehead atoms. The van der Waals surface area contributed by atoms with Gasteiger partial charge in [-0.05, 0) is 48.4 Å². The van der Waals surface area contributed by atoms with E-state index in [0.717, 1.165) is 24.0 Å². The van der Waals surface area contributed by atoms with E-state index in [1.807, 2.05) is 22.4 Å². The molecule has 0 atom stereocenters. The number of nitrogens with zero attached hydrogens (tertiary/aromatic N) is 1. The fourth-order valence-electron chi connectivity index (χ4n) is 3.17. The zero-order valence-corrected chi connectivity index (χ0v) is 15.2. The summed E-state index contributed by atoms with van der Waals surface area (Å²) in [5, 5.41) is 5.00. The minimum absolute atomic E-state index is 0.0598. The molecule has 0 unspecified atom stereocenters. The predicted molar refractivity (Wildman–Crippen MR) is 96.7 cm³/mol. The highest BCUT2D eigenvalue weighted by Crippen LogP contribution is 2.30. The van der Waals surface area contributed by atoms with Crippen LogP contribution in [0.4, 0.5) is 9.18 Å². The van der Waals surface area contributed by atoms with Crippen LogP contribution in [0, 0.1) is 5.82 Å². The van der Waals surface area contributed by atoms with E-state index < -0.39 is 0 Å². The summed E-state index contributed by atoms with van der Waals surface area (Å²) in [5.74, 6) is 0.376. The van der Waals surface area contributed by atoms with Crippen LogP contribution in [-0.4, -0.2) is 30.3 Å². The van der Waals surface area contributed by atoms with Gasteiger partial charge in [-0.3, -0.25) is 0 Å². The van der Waals surface area contributed by atoms with Gasteiger partial charge in [-0.25, -0.2) is 9.18 Å². The van der Waals surface area contributed by atoms with Crippen molar-refractivity contribution >= 4 is 17.4 Å². The number of amides is 2. The number of rotatable bonds is 6. The first-order valence-electron chi connectivity index (χ1n) is 8.79. The molecule has 1 saturated carbocycles. The largest absolute Gasteiger partial charge is 0.467 e. The zero-order valence-electron chi connectivity index (χ0n) is 14.4. The van der Waals surface area contributed by atoms with E-state index in [2.05, 4.69) is 5.32 Å². The van der Waals surface area contributed by atoms with Crippen LogP contribution in [0.15, 0.2) is 29.6 Å². The second-order valence-corrected chi connectivity index (χ2v) is 7.62. The molecule has 4 rings (SSSR count). The third-order valence-corrected chi connectivity index (χ3v) is 5.44. The van der Waals surface area contributed by atoms with E-state index in [-0.39, 0.29) is 18.6 Å². The minimum atomic E-state index is -0.309. The number of carbonyl (C=O) groups is 1. The Balaban J connectivity index is 1.36. The number of fused-ring (bicyclic) bond motifs is 1. The maximum absolute atomic E-state index is 13.8. The summed E-state index contributed by atoms with van der Waals surface area (Å²) < 4.78 is 24.5. The topological polar surface area (TPSA) is 50.8 Å². The molecule has 1 aliphatic heterocycles. The average Bonchev–Trinajstić information content (AvgIpc) is 3.35. The lowest BCUT2D eigenvalue weighted by Gasteiger charge is -2.23. The van der Waals surface area contributed by atoms with E-state index in [9.17, 15) is 9.18 Å². The Labute approximate surface area is 155 Å². The molecular weight excluding hydrogens is 355 g/mol. The first-order chi connectivity index (χ1) is 12.7. The predicted octanol–water partition coefficient (Wildman–Crippen LogP) is 3.67. The molecule has 1 aromatic heterocycles. The number of ether oxygens (including phenoxy) is 2. The molecule has 2 amide bonds. The van der Waals surface area contributed by atoms with Crippen LogP contribution in [0.2, 0.25) is 0 Å². The Bertz CT molecular complexity index is 777. The maximum atomic E-state index is 13.8. The number of hydrogen-bond donors (Lipinski definition) is 1. The molecule has 2 aromatic rings. The van der Waals surface area contributed by atoms with E-state index in [4.69, 9.17) is 9.47 Å². The fraction of sp³-hybridized carbons (Fsp3) is 0.421. The number of benzene rings is 1. The number of thiophene rings is 1. The minimum Gasteiger partial charge on any atom is -0.467 e. The molecule has 138 valence electrons. The third kappa shape index (κ3) is 3.99. The monoisotopic (exact) mass is 376 g/mol. The van der Waals surface area contributed by atoms with E-state index in [1.54, 1.807) is 11.3 Å². The Morgan fingerprint density at radius 2 is 2.27 bits per heavy atom. The van der Waals surface area contributed by atoms with Gasteiger partial charge in [-0.15, -0.1) is 11.3 Å². The molecule has 0 saturated heterocycles. The lowest BCUT2D eigenvalue weighted by molar-refractivity contribution is -0.0172. The molecular formula is C19H21FN2O3S. The van der Waals surface area contributed by atoms with Crippen molar-refractivity contribution in [3.8, 4) is 5.75 Å². The first-order valence-corrected chi connectivity index (χ1v) is 9.67. The van der Waals surface area contributed by atoms with E-state index in [0.29, 0.717) is 37.9 Å². The SMILES string of the molecule is O=C(NCCc1cc(F)cc2c1OCOC2)N(Cc1cccs1)C1CC1. The molecule has 5 nitrogen and oxygen atoms in total. The van der Waals surface area contributed by atoms with Crippen molar-refractivity contribution in [1.29, 1.82) is 0 Å². The van der Waals surface area contributed by atoms with Crippen molar-refractivity contribution in [2.45, 2.75) is 38.5 Å². The van der Waals surface area contributed by atoms with Crippen molar-refractivity contribution in [2.24, 2.45) is 0 Å². The second kappa shape index (κ2) is 7.63. The quantitative estimate of drug-likeness (QED) is 0.837. The molecule has 1 aliphatic carbocycles. The van der Waals surface area contributed by atoms with Crippen LogP contribution < -0.4 is 10.1 Å². The molecule has 1 N–H and O–H groups in total. The van der Waals surface area contributed by atoms with Crippen molar-refractivity contribution in [2.75, 3.05) is 13.3 Å². The van der Waals surface area contributed by atoms with Gasteiger partial charge in [0.15, 0.2) is 6.79 Å². The highest BCUT2D eigenvalue weighted by Gasteiger charge is 2.32. The maximum Gasteiger partial charge on any atom is 0.317 e. The Morgan fingerprint density at radius 3 is 3.04 bits per heavy atom. The van der Waals surface area contributed by atoms with Crippen LogP contribution in [0.1, 0.15) is 28.8 Å². The summed E-state index contributed by atoms with van der Waals surface area (Å²) in [4.78, 5) is 15.7. The smallest absolute Gasteiger partial charge is 0.317 e. The molecule has 1 aromatic carbocycles. The summed E-state index contributed by atoms with van der Waals surface area (Å²) in [7, 11) is 0. The second-order valence-electron chi connectivity index (χ2n) is 6.58. The van der Waals surface area contributed by atoms with Gasteiger partial charge in [0.2, 0.25) is 0 Å². The van der Waals surface area contributed by atoms with Gasteiger partial charge in [0.25, 0.3) is 0 Å². The molecule has 2 heterocycles. The van der Waals surface area contributed by atoms with Crippen molar-refractivity contribution in [3.63, 3.8) is 0 Å². The van der Waals surface area contributed by atoms with Crippen LogP contribution >= 0.6 is 11.3 Å². The summed E-state index contributed by atoms with van der Waals surface area (Å²) in [6.07, 6.45) is 2.64. The molecule has 0 spiro atoms. The van der Waals surface area contributed by atoms with Gasteiger partial charge in [0, 0.05) is 23.0 Å². The molecule has 7 heteroatoms. The molecule has 2 aliphatic rings. The van der Waals surface area contributed by atoms with E-state index in [1.165, 1.54) is 17.0 Å². The van der Waals surface area contributed by atoms with Gasteiger partial charge < -0.3 is 19.7 Å². The van der Waals surface area contributed by atoms with Crippen molar-refractivity contribution in [1.82, 2.24) is 10.2 Å². The van der Waals surface area contributed by atoms with Crippen LogP contribution in [0.5, 0.6) is 5.75 Å². The molecule has 26 heavy (non-hydrogen) atoms. The first kappa shape index (κ1) is 17.3. The number of halogens is 1. The van der Waals surface area contributed by atoms with Crippen molar-refractivity contribution in [3.05, 3.63) is 51.5 Å². The number of nitrogens with one attached hydrogen (secondary N) is 1. The summed E-state index contributed by atoms with van der Waals surface area (Å²) in [6.45, 7) is 1.60. The third-order valence-electron chi connectivity index (χ3n) is 4.58. The fourth-order valence-corrected chi connectivity index (χ4v) is 3.87. The lowest BCUT2D eigenvalue weighted by Crippen LogP contribution is -2.41. The Morgan fingerprint density at radius 1 is 1.38 bits per heavy atom. The molecule has 1 fully saturated rings. The summed E-state index contributed by atoms with van der Waals surface area (Å²) in [5.41, 5.74) is 1.48. The Hall–Kier alpha value is -2.12.